The molecule has 86 valence electrons. The Bertz CT molecular complexity index is 246. The molecular formula is C10H19BO4. The molecule has 0 unspecified atom stereocenters. The first-order chi connectivity index (χ1) is 6.66. The van der Waals surface area contributed by atoms with E-state index < -0.39 is 13.1 Å². The van der Waals surface area contributed by atoms with Gasteiger partial charge in [-0.3, -0.25) is 4.79 Å². The summed E-state index contributed by atoms with van der Waals surface area (Å²) in [6.07, 6.45) is 0.0663. The van der Waals surface area contributed by atoms with Crippen molar-refractivity contribution >= 4 is 13.1 Å². The van der Waals surface area contributed by atoms with Gasteiger partial charge in [0.2, 0.25) is 0 Å². The molecule has 1 fully saturated rings. The van der Waals surface area contributed by atoms with E-state index in [0.717, 1.165) is 0 Å². The number of carboxylic acids is 1. The lowest BCUT2D eigenvalue weighted by atomic mass is 9.71. The lowest BCUT2D eigenvalue weighted by Gasteiger charge is -2.32. The predicted molar refractivity (Wildman–Crippen MR) is 57.8 cm³/mol. The van der Waals surface area contributed by atoms with Crippen LogP contribution in [-0.2, 0) is 14.1 Å². The van der Waals surface area contributed by atoms with Gasteiger partial charge in [-0.1, -0.05) is 6.92 Å². The van der Waals surface area contributed by atoms with E-state index in [1.165, 1.54) is 0 Å². The molecule has 5 heteroatoms. The van der Waals surface area contributed by atoms with E-state index >= 15 is 0 Å². The highest BCUT2D eigenvalue weighted by molar-refractivity contribution is 6.47. The molecule has 0 bridgehead atoms. The SMILES string of the molecule is C[C@@H](CC(=O)O)B1OC(C)(C)C(C)(C)O1. The van der Waals surface area contributed by atoms with E-state index in [2.05, 4.69) is 0 Å². The molecule has 0 saturated carbocycles. The monoisotopic (exact) mass is 214 g/mol. The molecule has 0 amide bonds. The van der Waals surface area contributed by atoms with E-state index in [4.69, 9.17) is 14.4 Å². The van der Waals surface area contributed by atoms with Crippen molar-refractivity contribution in [2.45, 2.75) is 58.1 Å². The summed E-state index contributed by atoms with van der Waals surface area (Å²) in [5.41, 5.74) is -0.769. The van der Waals surface area contributed by atoms with Crippen molar-refractivity contribution in [3.8, 4) is 0 Å². The molecule has 0 radical (unpaired) electrons. The fourth-order valence-electron chi connectivity index (χ4n) is 1.49. The largest absolute Gasteiger partial charge is 0.481 e. The lowest BCUT2D eigenvalue weighted by Crippen LogP contribution is -2.41. The number of aliphatic carboxylic acids is 1. The van der Waals surface area contributed by atoms with Crippen LogP contribution in [0.1, 0.15) is 41.0 Å². The Morgan fingerprint density at radius 2 is 1.67 bits per heavy atom. The van der Waals surface area contributed by atoms with Crippen LogP contribution in [0.3, 0.4) is 0 Å². The van der Waals surface area contributed by atoms with Gasteiger partial charge in [-0.2, -0.15) is 0 Å². The smallest absolute Gasteiger partial charge is 0.461 e. The van der Waals surface area contributed by atoms with Crippen LogP contribution in [0.2, 0.25) is 5.82 Å². The molecule has 1 saturated heterocycles. The average molecular weight is 214 g/mol. The van der Waals surface area contributed by atoms with Crippen LogP contribution in [0.25, 0.3) is 0 Å². The predicted octanol–water partition coefficient (Wildman–Crippen LogP) is 1.94. The van der Waals surface area contributed by atoms with Gasteiger partial charge in [0.05, 0.1) is 11.2 Å². The second-order valence-corrected chi connectivity index (χ2v) is 5.20. The number of hydrogen-bond acceptors (Lipinski definition) is 3. The maximum absolute atomic E-state index is 10.6. The van der Waals surface area contributed by atoms with Gasteiger partial charge in [-0.15, -0.1) is 0 Å². The fourth-order valence-corrected chi connectivity index (χ4v) is 1.49. The van der Waals surface area contributed by atoms with E-state index in [1.807, 2.05) is 34.6 Å². The van der Waals surface area contributed by atoms with Crippen molar-refractivity contribution in [2.75, 3.05) is 0 Å². The highest BCUT2D eigenvalue weighted by Crippen LogP contribution is 2.40. The minimum absolute atomic E-state index is 0.0663. The van der Waals surface area contributed by atoms with Gasteiger partial charge in [0.25, 0.3) is 0 Å². The third-order valence-electron chi connectivity index (χ3n) is 3.23. The van der Waals surface area contributed by atoms with Crippen molar-refractivity contribution in [1.29, 1.82) is 0 Å². The van der Waals surface area contributed by atoms with Crippen LogP contribution in [-0.4, -0.2) is 29.4 Å². The summed E-state index contributed by atoms with van der Waals surface area (Å²) in [7, 11) is -0.425. The van der Waals surface area contributed by atoms with Crippen LogP contribution < -0.4 is 0 Å². The standard InChI is InChI=1S/C10H19BO4/c1-7(6-8(12)13)11-14-9(2,3)10(4,5)15-11/h7H,6H2,1-5H3,(H,12,13)/t7-/m0/s1. The molecule has 0 aliphatic carbocycles. The number of hydrogen-bond donors (Lipinski definition) is 1. The first-order valence-corrected chi connectivity index (χ1v) is 5.23. The van der Waals surface area contributed by atoms with Crippen molar-refractivity contribution in [3.63, 3.8) is 0 Å². The van der Waals surface area contributed by atoms with Crippen LogP contribution in [0, 0.1) is 0 Å². The quantitative estimate of drug-likeness (QED) is 0.729. The Labute approximate surface area is 91.1 Å². The van der Waals surface area contributed by atoms with Gasteiger partial charge >= 0.3 is 13.1 Å². The van der Waals surface area contributed by atoms with Gasteiger partial charge in [0.1, 0.15) is 0 Å². The zero-order valence-electron chi connectivity index (χ0n) is 10.0. The average Bonchev–Trinajstić information content (AvgIpc) is 2.20. The van der Waals surface area contributed by atoms with Crippen molar-refractivity contribution in [1.82, 2.24) is 0 Å². The Balaban J connectivity index is 2.66. The molecule has 1 aliphatic heterocycles. The minimum atomic E-state index is -0.822. The van der Waals surface area contributed by atoms with Gasteiger partial charge < -0.3 is 14.4 Å². The second-order valence-electron chi connectivity index (χ2n) is 5.20. The summed E-state index contributed by atoms with van der Waals surface area (Å²) in [6.45, 7) is 9.66. The first-order valence-electron chi connectivity index (χ1n) is 5.23. The topological polar surface area (TPSA) is 55.8 Å². The van der Waals surface area contributed by atoms with Gasteiger partial charge in [0.15, 0.2) is 0 Å². The summed E-state index contributed by atoms with van der Waals surface area (Å²) < 4.78 is 11.5. The maximum Gasteiger partial charge on any atom is 0.461 e. The highest BCUT2D eigenvalue weighted by Gasteiger charge is 2.52. The summed E-state index contributed by atoms with van der Waals surface area (Å²) in [6, 6.07) is 0. The van der Waals surface area contributed by atoms with Crippen LogP contribution in [0.5, 0.6) is 0 Å². The molecule has 1 atom stereocenters. The third-order valence-corrected chi connectivity index (χ3v) is 3.23. The Morgan fingerprint density at radius 3 is 2.00 bits per heavy atom. The minimum Gasteiger partial charge on any atom is -0.481 e. The van der Waals surface area contributed by atoms with E-state index in [0.29, 0.717) is 0 Å². The van der Waals surface area contributed by atoms with E-state index in [9.17, 15) is 4.79 Å². The molecule has 1 N–H and O–H groups in total. The van der Waals surface area contributed by atoms with E-state index in [-0.39, 0.29) is 23.4 Å². The van der Waals surface area contributed by atoms with Crippen LogP contribution in [0.4, 0.5) is 0 Å². The molecular weight excluding hydrogens is 195 g/mol. The Hall–Kier alpha value is -0.545. The molecule has 0 aromatic heterocycles. The molecule has 1 rings (SSSR count). The van der Waals surface area contributed by atoms with E-state index in [1.54, 1.807) is 0 Å². The van der Waals surface area contributed by atoms with Gasteiger partial charge in [-0.25, -0.2) is 0 Å². The van der Waals surface area contributed by atoms with Crippen molar-refractivity contribution in [2.24, 2.45) is 0 Å². The molecule has 0 aromatic carbocycles. The van der Waals surface area contributed by atoms with Crippen molar-refractivity contribution < 1.29 is 19.2 Å². The number of carbonyl (C=O) groups is 1. The molecule has 15 heavy (non-hydrogen) atoms. The molecule has 0 spiro atoms. The van der Waals surface area contributed by atoms with Crippen LogP contribution in [0.15, 0.2) is 0 Å². The molecule has 0 aromatic rings. The lowest BCUT2D eigenvalue weighted by molar-refractivity contribution is -0.137. The number of carboxylic acid groups (broad SMARTS) is 1. The Kier molecular flexibility index (Phi) is 3.17. The summed E-state index contributed by atoms with van der Waals surface area (Å²) in [5, 5.41) is 8.69. The highest BCUT2D eigenvalue weighted by atomic mass is 16.7. The fraction of sp³-hybridized carbons (Fsp3) is 0.900. The normalized spacial score (nSPS) is 25.3. The maximum atomic E-state index is 10.6. The zero-order valence-corrected chi connectivity index (χ0v) is 10.0. The first kappa shape index (κ1) is 12.5. The third kappa shape index (κ3) is 2.52. The summed E-state index contributed by atoms with van der Waals surface area (Å²) in [4.78, 5) is 10.6. The Morgan fingerprint density at radius 1 is 1.27 bits per heavy atom. The number of rotatable bonds is 3. The summed E-state index contributed by atoms with van der Waals surface area (Å²) >= 11 is 0. The second kappa shape index (κ2) is 3.79. The molecule has 4 nitrogen and oxygen atoms in total. The molecule has 1 heterocycles. The van der Waals surface area contributed by atoms with Gasteiger partial charge in [0, 0.05) is 12.2 Å². The van der Waals surface area contributed by atoms with Crippen molar-refractivity contribution in [3.05, 3.63) is 0 Å². The molecule has 1 aliphatic rings. The van der Waals surface area contributed by atoms with Gasteiger partial charge in [-0.05, 0) is 27.7 Å². The summed E-state index contributed by atoms with van der Waals surface area (Å²) in [5.74, 6) is -0.958. The van der Waals surface area contributed by atoms with Crippen LogP contribution >= 0.6 is 0 Å². The zero-order chi connectivity index (χ0) is 11.9.